The molecule has 3 heterocycles. The molecule has 0 amide bonds. The van der Waals surface area contributed by atoms with Gasteiger partial charge in [-0.2, -0.15) is 0 Å². The van der Waals surface area contributed by atoms with E-state index in [4.69, 9.17) is 9.72 Å². The molecule has 2 aromatic heterocycles. The molecule has 5 rings (SSSR count). The first-order chi connectivity index (χ1) is 13.1. The van der Waals surface area contributed by atoms with Crippen LogP contribution in [0.3, 0.4) is 0 Å². The van der Waals surface area contributed by atoms with Crippen molar-refractivity contribution < 1.29 is 9.53 Å². The second-order valence-electron chi connectivity index (χ2n) is 8.10. The number of rotatable bonds is 3. The Bertz CT molecular complexity index is 958. The molecule has 0 unspecified atom stereocenters. The van der Waals surface area contributed by atoms with Crippen LogP contribution in [0.1, 0.15) is 61.9 Å². The molecule has 1 saturated carbocycles. The highest BCUT2D eigenvalue weighted by atomic mass is 32.2. The van der Waals surface area contributed by atoms with Gasteiger partial charge in [0.25, 0.3) is 5.56 Å². The van der Waals surface area contributed by atoms with Crippen molar-refractivity contribution in [1.29, 1.82) is 0 Å². The van der Waals surface area contributed by atoms with Crippen molar-refractivity contribution in [3.05, 3.63) is 20.8 Å². The first-order valence-corrected chi connectivity index (χ1v) is 11.7. The number of thiophene rings is 1. The van der Waals surface area contributed by atoms with E-state index in [0.29, 0.717) is 18.9 Å². The molecule has 1 aliphatic heterocycles. The summed E-state index contributed by atoms with van der Waals surface area (Å²) in [6.07, 6.45) is 8.25. The zero-order valence-electron chi connectivity index (χ0n) is 15.5. The molecule has 2 atom stereocenters. The number of carbonyl (C=O) groups excluding carboxylic acids is 1. The number of esters is 1. The van der Waals surface area contributed by atoms with Crippen molar-refractivity contribution >= 4 is 39.3 Å². The maximum atomic E-state index is 13.6. The molecule has 3 aliphatic rings. The predicted molar refractivity (Wildman–Crippen MR) is 108 cm³/mol. The predicted octanol–water partition coefficient (Wildman–Crippen LogP) is 4.11. The molecule has 27 heavy (non-hydrogen) atoms. The number of carbonyl (C=O) groups is 1. The Morgan fingerprint density at radius 1 is 1.19 bits per heavy atom. The molecule has 144 valence electrons. The van der Waals surface area contributed by atoms with Crippen molar-refractivity contribution in [2.24, 2.45) is 5.92 Å². The van der Waals surface area contributed by atoms with Crippen LogP contribution in [0.25, 0.3) is 10.2 Å². The molecule has 5 nitrogen and oxygen atoms in total. The highest BCUT2D eigenvalue weighted by Gasteiger charge is 2.33. The quantitative estimate of drug-likeness (QED) is 0.569. The van der Waals surface area contributed by atoms with Crippen LogP contribution in [0.15, 0.2) is 9.95 Å². The monoisotopic (exact) mass is 404 g/mol. The summed E-state index contributed by atoms with van der Waals surface area (Å²) in [7, 11) is 0. The van der Waals surface area contributed by atoms with Gasteiger partial charge in [-0.1, -0.05) is 31.5 Å². The van der Waals surface area contributed by atoms with E-state index in [9.17, 15) is 9.59 Å². The van der Waals surface area contributed by atoms with Gasteiger partial charge in [0.2, 0.25) is 0 Å². The highest BCUT2D eigenvalue weighted by molar-refractivity contribution is 8.00. The Hall–Kier alpha value is -1.34. The minimum Gasteiger partial charge on any atom is -0.465 e. The summed E-state index contributed by atoms with van der Waals surface area (Å²) in [6, 6.07) is 0.215. The van der Waals surface area contributed by atoms with E-state index < -0.39 is 0 Å². The molecule has 0 bridgehead atoms. The second-order valence-corrected chi connectivity index (χ2v) is 10.4. The number of aromatic nitrogens is 2. The number of nitrogens with zero attached hydrogens (tertiary/aromatic N) is 2. The van der Waals surface area contributed by atoms with E-state index in [1.807, 2.05) is 4.57 Å². The Labute approximate surface area is 166 Å². The smallest absolute Gasteiger partial charge is 0.319 e. The van der Waals surface area contributed by atoms with E-state index in [0.717, 1.165) is 60.3 Å². The third-order valence-corrected chi connectivity index (χ3v) is 8.51. The summed E-state index contributed by atoms with van der Waals surface area (Å²) in [5.74, 6) is 0.497. The van der Waals surface area contributed by atoms with Crippen molar-refractivity contribution in [2.45, 2.75) is 74.7 Å². The number of ether oxygens (including phenoxy) is 1. The van der Waals surface area contributed by atoms with Gasteiger partial charge in [-0.3, -0.25) is 14.2 Å². The van der Waals surface area contributed by atoms with Gasteiger partial charge in [0.15, 0.2) is 5.16 Å². The van der Waals surface area contributed by atoms with E-state index in [2.05, 4.69) is 6.92 Å². The Kier molecular flexibility index (Phi) is 4.55. The van der Waals surface area contributed by atoms with Crippen LogP contribution in [-0.4, -0.2) is 27.4 Å². The van der Waals surface area contributed by atoms with E-state index in [1.165, 1.54) is 22.2 Å². The van der Waals surface area contributed by atoms with Crippen molar-refractivity contribution in [2.75, 3.05) is 6.61 Å². The molecule has 1 saturated heterocycles. The first-order valence-electron chi connectivity index (χ1n) is 10.0. The van der Waals surface area contributed by atoms with Crippen LogP contribution < -0.4 is 5.56 Å². The maximum absolute atomic E-state index is 13.6. The molecule has 0 N–H and O–H groups in total. The summed E-state index contributed by atoms with van der Waals surface area (Å²) in [4.78, 5) is 32.8. The molecular formula is C20H24N2O3S2. The van der Waals surface area contributed by atoms with Crippen LogP contribution in [0.2, 0.25) is 0 Å². The lowest BCUT2D eigenvalue weighted by atomic mass is 9.89. The van der Waals surface area contributed by atoms with Gasteiger partial charge in [-0.15, -0.1) is 11.3 Å². The number of hydrogen-bond donors (Lipinski definition) is 0. The Morgan fingerprint density at radius 3 is 2.74 bits per heavy atom. The minimum absolute atomic E-state index is 0.118. The zero-order chi connectivity index (χ0) is 18.5. The van der Waals surface area contributed by atoms with Gasteiger partial charge < -0.3 is 4.74 Å². The fourth-order valence-corrected chi connectivity index (χ4v) is 7.22. The van der Waals surface area contributed by atoms with Crippen LogP contribution in [0, 0.1) is 5.92 Å². The molecule has 7 heteroatoms. The molecule has 2 aromatic rings. The number of cyclic esters (lactones) is 1. The number of thioether (sulfide) groups is 1. The maximum Gasteiger partial charge on any atom is 0.319 e. The Morgan fingerprint density at radius 2 is 2.00 bits per heavy atom. The van der Waals surface area contributed by atoms with Gasteiger partial charge >= 0.3 is 5.97 Å². The van der Waals surface area contributed by atoms with Gasteiger partial charge in [0, 0.05) is 17.3 Å². The normalized spacial score (nSPS) is 25.9. The van der Waals surface area contributed by atoms with Crippen LogP contribution >= 0.6 is 23.1 Å². The van der Waals surface area contributed by atoms with E-state index in [1.54, 1.807) is 11.3 Å². The molecular weight excluding hydrogens is 380 g/mol. The molecule has 0 aromatic carbocycles. The van der Waals surface area contributed by atoms with E-state index >= 15 is 0 Å². The van der Waals surface area contributed by atoms with Crippen LogP contribution in [0.5, 0.6) is 0 Å². The summed E-state index contributed by atoms with van der Waals surface area (Å²) in [5, 5.41) is 1.33. The topological polar surface area (TPSA) is 61.2 Å². The fraction of sp³-hybridized carbons (Fsp3) is 0.650. The zero-order valence-corrected chi connectivity index (χ0v) is 17.2. The molecule has 0 spiro atoms. The van der Waals surface area contributed by atoms with Crippen LogP contribution in [0.4, 0.5) is 0 Å². The number of hydrogen-bond acceptors (Lipinski definition) is 6. The average molecular weight is 405 g/mol. The second kappa shape index (κ2) is 6.92. The first kappa shape index (κ1) is 17.7. The third kappa shape index (κ3) is 3.03. The SMILES string of the molecule is C[C@@H]1CCc2c(sc3nc(S[C@@H]4CCOC4=O)n(C4CCCC4)c(=O)c23)C1. The summed E-state index contributed by atoms with van der Waals surface area (Å²) >= 11 is 3.12. The van der Waals surface area contributed by atoms with Crippen molar-refractivity contribution in [3.63, 3.8) is 0 Å². The number of fused-ring (bicyclic) bond motifs is 3. The summed E-state index contributed by atoms with van der Waals surface area (Å²) < 4.78 is 7.05. The molecule has 0 radical (unpaired) electrons. The van der Waals surface area contributed by atoms with Gasteiger partial charge in [0.1, 0.15) is 10.1 Å². The lowest BCUT2D eigenvalue weighted by Gasteiger charge is -2.20. The van der Waals surface area contributed by atoms with Crippen LogP contribution in [-0.2, 0) is 22.4 Å². The van der Waals surface area contributed by atoms with Gasteiger partial charge in [-0.05, 0) is 43.6 Å². The molecule has 2 aliphatic carbocycles. The third-order valence-electron chi connectivity index (χ3n) is 6.15. The van der Waals surface area contributed by atoms with Gasteiger partial charge in [0.05, 0.1) is 12.0 Å². The summed E-state index contributed by atoms with van der Waals surface area (Å²) in [6.45, 7) is 2.75. The standard InChI is InChI=1S/C20H24N2O3S2/c1-11-6-7-13-15(10-11)26-17-16(13)18(23)22(12-4-2-3-5-12)20(21-17)27-14-8-9-25-19(14)24/h11-12,14H,2-10H2,1H3/t11-,14-/m1/s1. The largest absolute Gasteiger partial charge is 0.465 e. The average Bonchev–Trinajstić information content (AvgIpc) is 3.35. The fourth-order valence-electron chi connectivity index (χ4n) is 4.66. The Balaban J connectivity index is 1.66. The van der Waals surface area contributed by atoms with Crippen molar-refractivity contribution in [1.82, 2.24) is 9.55 Å². The lowest BCUT2D eigenvalue weighted by molar-refractivity contribution is -0.137. The van der Waals surface area contributed by atoms with Crippen molar-refractivity contribution in [3.8, 4) is 0 Å². The molecule has 2 fully saturated rings. The lowest BCUT2D eigenvalue weighted by Crippen LogP contribution is -2.28. The summed E-state index contributed by atoms with van der Waals surface area (Å²) in [5.41, 5.74) is 1.36. The van der Waals surface area contributed by atoms with E-state index in [-0.39, 0.29) is 22.8 Å². The minimum atomic E-state index is -0.239. The number of aryl methyl sites for hydroxylation is 1. The highest BCUT2D eigenvalue weighted by Crippen LogP contribution is 2.39. The van der Waals surface area contributed by atoms with Gasteiger partial charge in [-0.25, -0.2) is 4.98 Å².